The zero-order valence-electron chi connectivity index (χ0n) is 17.0. The van der Waals surface area contributed by atoms with Crippen LogP contribution in [0.25, 0.3) is 16.7 Å². The number of aryl methyl sites for hydroxylation is 3. The first-order valence-electron chi connectivity index (χ1n) is 9.87. The standard InChI is InChI=1S/C23H24N6/c1-14-5-8-19(29-24-9-10-25-29)20(11-14)28-13-15(2)12-21(28)23-26-18-7-6-16(3)17(4)22(18)27-23/h5-11,21H,2,12-13H2,1,3-4H3,(H,26,27)/t21-/m0/s1. The Bertz CT molecular complexity index is 1220. The van der Waals surface area contributed by atoms with Crippen molar-refractivity contribution in [3.05, 3.63) is 77.4 Å². The molecule has 6 nitrogen and oxygen atoms in total. The summed E-state index contributed by atoms with van der Waals surface area (Å²) < 4.78 is 0. The van der Waals surface area contributed by atoms with Gasteiger partial charge in [0.25, 0.3) is 0 Å². The number of anilines is 1. The van der Waals surface area contributed by atoms with Gasteiger partial charge in [-0.1, -0.05) is 24.3 Å². The lowest BCUT2D eigenvalue weighted by Gasteiger charge is -2.27. The highest BCUT2D eigenvalue weighted by atomic mass is 15.5. The van der Waals surface area contributed by atoms with Gasteiger partial charge in [0.2, 0.25) is 0 Å². The first-order chi connectivity index (χ1) is 14.0. The van der Waals surface area contributed by atoms with E-state index in [9.17, 15) is 0 Å². The molecule has 0 amide bonds. The predicted molar refractivity (Wildman–Crippen MR) is 116 cm³/mol. The highest BCUT2D eigenvalue weighted by Crippen LogP contribution is 2.40. The molecule has 6 heteroatoms. The van der Waals surface area contributed by atoms with Gasteiger partial charge in [0.15, 0.2) is 0 Å². The van der Waals surface area contributed by atoms with Crippen LogP contribution in [-0.4, -0.2) is 31.5 Å². The highest BCUT2D eigenvalue weighted by Gasteiger charge is 2.33. The minimum absolute atomic E-state index is 0.103. The van der Waals surface area contributed by atoms with Crippen molar-refractivity contribution < 1.29 is 0 Å². The van der Waals surface area contributed by atoms with Crippen LogP contribution in [0, 0.1) is 20.8 Å². The van der Waals surface area contributed by atoms with Crippen LogP contribution in [0.1, 0.15) is 35.0 Å². The molecule has 5 rings (SSSR count). The molecule has 29 heavy (non-hydrogen) atoms. The van der Waals surface area contributed by atoms with E-state index < -0.39 is 0 Å². The summed E-state index contributed by atoms with van der Waals surface area (Å²) in [5.41, 5.74) is 9.07. The molecule has 1 N–H and O–H groups in total. The maximum atomic E-state index is 5.00. The van der Waals surface area contributed by atoms with E-state index in [0.29, 0.717) is 0 Å². The number of rotatable bonds is 3. The first kappa shape index (κ1) is 17.7. The van der Waals surface area contributed by atoms with E-state index in [4.69, 9.17) is 4.98 Å². The molecule has 1 atom stereocenters. The molecule has 1 aliphatic rings. The number of nitrogens with zero attached hydrogens (tertiary/aromatic N) is 5. The molecule has 0 spiro atoms. The van der Waals surface area contributed by atoms with E-state index in [0.717, 1.165) is 41.2 Å². The molecule has 2 aromatic heterocycles. The number of benzene rings is 2. The summed E-state index contributed by atoms with van der Waals surface area (Å²) in [6.07, 6.45) is 4.28. The van der Waals surface area contributed by atoms with Gasteiger partial charge in [-0.05, 0) is 62.1 Å². The molecule has 1 saturated heterocycles. The molecule has 1 aliphatic heterocycles. The number of H-pyrrole nitrogens is 1. The predicted octanol–water partition coefficient (Wildman–Crippen LogP) is 4.58. The molecule has 0 aliphatic carbocycles. The van der Waals surface area contributed by atoms with Gasteiger partial charge in [0, 0.05) is 6.54 Å². The van der Waals surface area contributed by atoms with Gasteiger partial charge >= 0.3 is 0 Å². The zero-order valence-corrected chi connectivity index (χ0v) is 17.0. The van der Waals surface area contributed by atoms with E-state index >= 15 is 0 Å². The van der Waals surface area contributed by atoms with Crippen molar-refractivity contribution in [2.45, 2.75) is 33.2 Å². The van der Waals surface area contributed by atoms with Gasteiger partial charge in [-0.15, -0.1) is 4.80 Å². The number of hydrogen-bond acceptors (Lipinski definition) is 4. The minimum atomic E-state index is 0.103. The Kier molecular flexibility index (Phi) is 4.01. The first-order valence-corrected chi connectivity index (χ1v) is 9.87. The summed E-state index contributed by atoms with van der Waals surface area (Å²) >= 11 is 0. The van der Waals surface area contributed by atoms with E-state index in [-0.39, 0.29) is 6.04 Å². The quantitative estimate of drug-likeness (QED) is 0.525. The summed E-state index contributed by atoms with van der Waals surface area (Å²) in [6.45, 7) is 11.4. The highest BCUT2D eigenvalue weighted by molar-refractivity contribution is 5.80. The summed E-state index contributed by atoms with van der Waals surface area (Å²) in [7, 11) is 0. The van der Waals surface area contributed by atoms with Crippen molar-refractivity contribution in [3.8, 4) is 5.69 Å². The van der Waals surface area contributed by atoms with Gasteiger partial charge in [-0.2, -0.15) is 10.2 Å². The summed E-state index contributed by atoms with van der Waals surface area (Å²) in [6, 6.07) is 10.7. The Labute approximate surface area is 169 Å². The second-order valence-corrected chi connectivity index (χ2v) is 7.93. The number of hydrogen-bond donors (Lipinski definition) is 1. The van der Waals surface area contributed by atoms with E-state index in [2.05, 4.69) is 77.8 Å². The van der Waals surface area contributed by atoms with Crippen molar-refractivity contribution in [2.75, 3.05) is 11.4 Å². The van der Waals surface area contributed by atoms with Crippen LogP contribution in [0.5, 0.6) is 0 Å². The molecular formula is C23H24N6. The molecule has 4 aromatic rings. The summed E-state index contributed by atoms with van der Waals surface area (Å²) in [4.78, 5) is 12.6. The normalized spacial score (nSPS) is 16.9. The van der Waals surface area contributed by atoms with Crippen molar-refractivity contribution in [1.29, 1.82) is 0 Å². The van der Waals surface area contributed by atoms with Crippen LogP contribution in [0.3, 0.4) is 0 Å². The molecule has 2 aromatic carbocycles. The number of aromatic amines is 1. The van der Waals surface area contributed by atoms with Crippen molar-refractivity contribution in [2.24, 2.45) is 0 Å². The average Bonchev–Trinajstić information content (AvgIpc) is 3.44. The Balaban J connectivity index is 1.64. The monoisotopic (exact) mass is 384 g/mol. The second kappa shape index (κ2) is 6.58. The minimum Gasteiger partial charge on any atom is -0.355 e. The van der Waals surface area contributed by atoms with Gasteiger partial charge in [0.1, 0.15) is 11.5 Å². The molecule has 146 valence electrons. The fourth-order valence-electron chi connectivity index (χ4n) is 4.16. The molecule has 3 heterocycles. The maximum Gasteiger partial charge on any atom is 0.130 e. The lowest BCUT2D eigenvalue weighted by atomic mass is 10.1. The summed E-state index contributed by atoms with van der Waals surface area (Å²) in [5, 5.41) is 8.71. The molecule has 0 saturated carbocycles. The third-order valence-electron chi connectivity index (χ3n) is 5.84. The van der Waals surface area contributed by atoms with Gasteiger partial charge in [-0.25, -0.2) is 4.98 Å². The SMILES string of the molecule is C=C1C[C@@H](c2nc3c(C)c(C)ccc3[nH]2)N(c2cc(C)ccc2-n2nccn2)C1. The number of fused-ring (bicyclic) bond motifs is 1. The Morgan fingerprint density at radius 1 is 1.03 bits per heavy atom. The number of nitrogens with one attached hydrogen (secondary N) is 1. The fraction of sp³-hybridized carbons (Fsp3) is 0.261. The van der Waals surface area contributed by atoms with Crippen LogP contribution in [0.4, 0.5) is 5.69 Å². The second-order valence-electron chi connectivity index (χ2n) is 7.93. The lowest BCUT2D eigenvalue weighted by Crippen LogP contribution is -2.25. The van der Waals surface area contributed by atoms with Gasteiger partial charge in [-0.3, -0.25) is 0 Å². The smallest absolute Gasteiger partial charge is 0.130 e. The van der Waals surface area contributed by atoms with Crippen LogP contribution < -0.4 is 4.90 Å². The van der Waals surface area contributed by atoms with Crippen LogP contribution >= 0.6 is 0 Å². The van der Waals surface area contributed by atoms with E-state index in [1.165, 1.54) is 22.3 Å². The largest absolute Gasteiger partial charge is 0.355 e. The maximum absolute atomic E-state index is 5.00. The van der Waals surface area contributed by atoms with Crippen LogP contribution in [0.15, 0.2) is 54.9 Å². The Morgan fingerprint density at radius 2 is 1.83 bits per heavy atom. The van der Waals surface area contributed by atoms with Crippen LogP contribution in [-0.2, 0) is 0 Å². The van der Waals surface area contributed by atoms with E-state index in [1.54, 1.807) is 17.2 Å². The fourth-order valence-corrected chi connectivity index (χ4v) is 4.16. The van der Waals surface area contributed by atoms with Crippen LogP contribution in [0.2, 0.25) is 0 Å². The third-order valence-corrected chi connectivity index (χ3v) is 5.84. The average molecular weight is 384 g/mol. The summed E-state index contributed by atoms with van der Waals surface area (Å²) in [5.74, 6) is 0.980. The molecule has 0 bridgehead atoms. The Morgan fingerprint density at radius 3 is 2.62 bits per heavy atom. The van der Waals surface area contributed by atoms with E-state index in [1.807, 2.05) is 0 Å². The zero-order chi connectivity index (χ0) is 20.1. The van der Waals surface area contributed by atoms with Gasteiger partial charge in [0.05, 0.1) is 35.2 Å². The Hall–Kier alpha value is -3.41. The topological polar surface area (TPSA) is 62.6 Å². The van der Waals surface area contributed by atoms with Crippen molar-refractivity contribution in [1.82, 2.24) is 25.0 Å². The van der Waals surface area contributed by atoms with Crippen molar-refractivity contribution in [3.63, 3.8) is 0 Å². The molecule has 0 unspecified atom stereocenters. The number of imidazole rings is 1. The molecule has 1 fully saturated rings. The van der Waals surface area contributed by atoms with Gasteiger partial charge < -0.3 is 9.88 Å². The number of aromatic nitrogens is 5. The van der Waals surface area contributed by atoms with Crippen molar-refractivity contribution >= 4 is 16.7 Å². The third kappa shape index (κ3) is 2.92. The lowest BCUT2D eigenvalue weighted by molar-refractivity contribution is 0.679. The molecular weight excluding hydrogens is 360 g/mol. The molecule has 0 radical (unpaired) electrons.